The van der Waals surface area contributed by atoms with Crippen molar-refractivity contribution in [1.29, 1.82) is 0 Å². The molecule has 1 aliphatic rings. The highest BCUT2D eigenvalue weighted by Crippen LogP contribution is 2.31. The summed E-state index contributed by atoms with van der Waals surface area (Å²) in [5.74, 6) is 0.967. The van der Waals surface area contributed by atoms with Gasteiger partial charge in [-0.25, -0.2) is 0 Å². The summed E-state index contributed by atoms with van der Waals surface area (Å²) in [6, 6.07) is 4.38. The molecule has 2 heterocycles. The van der Waals surface area contributed by atoms with E-state index >= 15 is 0 Å². The smallest absolute Gasteiger partial charge is 0.143 e. The van der Waals surface area contributed by atoms with Crippen molar-refractivity contribution in [3.05, 3.63) is 29.5 Å². The summed E-state index contributed by atoms with van der Waals surface area (Å²) in [5.41, 5.74) is 3.84. The van der Waals surface area contributed by atoms with Crippen LogP contribution in [0.25, 0.3) is 10.9 Å². The van der Waals surface area contributed by atoms with E-state index in [2.05, 4.69) is 47.1 Å². The monoisotopic (exact) mass is 273 g/mol. The first-order chi connectivity index (χ1) is 9.69. The Bertz CT molecular complexity index is 612. The minimum absolute atomic E-state index is 0.967. The molecule has 1 aromatic heterocycles. The third kappa shape index (κ3) is 2.41. The summed E-state index contributed by atoms with van der Waals surface area (Å²) in [5, 5.41) is 4.73. The van der Waals surface area contributed by atoms with Gasteiger partial charge in [-0.1, -0.05) is 0 Å². The highest BCUT2D eigenvalue weighted by atomic mass is 16.5. The molecule has 1 saturated heterocycles. The lowest BCUT2D eigenvalue weighted by atomic mass is 10.1. The molecule has 1 N–H and O–H groups in total. The van der Waals surface area contributed by atoms with Gasteiger partial charge in [-0.05, 0) is 30.2 Å². The molecule has 0 amide bonds. The van der Waals surface area contributed by atoms with Gasteiger partial charge in [0.2, 0.25) is 0 Å². The largest absolute Gasteiger partial charge is 0.495 e. The average molecular weight is 273 g/mol. The van der Waals surface area contributed by atoms with E-state index in [0.29, 0.717) is 0 Å². The number of methoxy groups -OCH3 is 1. The maximum atomic E-state index is 5.55. The van der Waals surface area contributed by atoms with Crippen molar-refractivity contribution in [3.8, 4) is 5.75 Å². The number of fused-ring (bicyclic) bond motifs is 1. The highest BCUT2D eigenvalue weighted by Gasteiger charge is 2.16. The van der Waals surface area contributed by atoms with Crippen LogP contribution in [-0.4, -0.2) is 42.8 Å². The molecule has 0 aliphatic carbocycles. The third-order valence-corrected chi connectivity index (χ3v) is 4.09. The molecule has 1 aromatic carbocycles. The summed E-state index contributed by atoms with van der Waals surface area (Å²) in [6.07, 6.45) is 2.24. The summed E-state index contributed by atoms with van der Waals surface area (Å²) in [6.45, 7) is 7.58. The Morgan fingerprint density at radius 1 is 1.25 bits per heavy atom. The Kier molecular flexibility index (Phi) is 3.68. The zero-order valence-corrected chi connectivity index (χ0v) is 12.6. The molecule has 0 atom stereocenters. The number of nitrogens with zero attached hydrogens (tertiary/aromatic N) is 2. The minimum Gasteiger partial charge on any atom is -0.495 e. The Morgan fingerprint density at radius 3 is 2.70 bits per heavy atom. The van der Waals surface area contributed by atoms with E-state index in [4.69, 9.17) is 4.74 Å². The van der Waals surface area contributed by atoms with E-state index in [9.17, 15) is 0 Å². The number of hydrogen-bond donors (Lipinski definition) is 1. The van der Waals surface area contributed by atoms with E-state index in [-0.39, 0.29) is 0 Å². The predicted octanol–water partition coefficient (Wildman–Crippen LogP) is 1.90. The number of ether oxygens (including phenoxy) is 1. The molecule has 20 heavy (non-hydrogen) atoms. The molecule has 4 heteroatoms. The Morgan fingerprint density at radius 2 is 2.00 bits per heavy atom. The lowest BCUT2D eigenvalue weighted by molar-refractivity contribution is 0.234. The lowest BCUT2D eigenvalue weighted by Crippen LogP contribution is -2.42. The second-order valence-electron chi connectivity index (χ2n) is 5.65. The van der Waals surface area contributed by atoms with E-state index in [1.807, 2.05) is 0 Å². The van der Waals surface area contributed by atoms with Gasteiger partial charge >= 0.3 is 0 Å². The Hall–Kier alpha value is -1.52. The molecule has 1 fully saturated rings. The van der Waals surface area contributed by atoms with Gasteiger partial charge in [0.25, 0.3) is 0 Å². The summed E-state index contributed by atoms with van der Waals surface area (Å²) in [7, 11) is 3.85. The van der Waals surface area contributed by atoms with Gasteiger partial charge in [-0.15, -0.1) is 0 Å². The molecule has 0 saturated carbocycles. The van der Waals surface area contributed by atoms with E-state index in [1.54, 1.807) is 7.11 Å². The standard InChI is InChI=1S/C16H23N3O/c1-12-8-14-13(11-19-6-4-17-5-7-19)10-18(2)16(14)15(9-12)20-3/h8-10,17H,4-7,11H2,1-3H3. The molecule has 3 rings (SSSR count). The number of aromatic nitrogens is 1. The van der Waals surface area contributed by atoms with Crippen molar-refractivity contribution < 1.29 is 4.74 Å². The van der Waals surface area contributed by atoms with Crippen LogP contribution in [0.15, 0.2) is 18.3 Å². The van der Waals surface area contributed by atoms with E-state index in [1.165, 1.54) is 22.0 Å². The minimum atomic E-state index is 0.967. The quantitative estimate of drug-likeness (QED) is 0.926. The van der Waals surface area contributed by atoms with Gasteiger partial charge in [0.15, 0.2) is 0 Å². The molecular weight excluding hydrogens is 250 g/mol. The average Bonchev–Trinajstić information content (AvgIpc) is 2.75. The second-order valence-corrected chi connectivity index (χ2v) is 5.65. The molecule has 0 bridgehead atoms. The van der Waals surface area contributed by atoms with Gasteiger partial charge < -0.3 is 14.6 Å². The predicted molar refractivity (Wildman–Crippen MR) is 82.4 cm³/mol. The van der Waals surface area contributed by atoms with Gasteiger partial charge in [0.1, 0.15) is 5.75 Å². The fourth-order valence-electron chi connectivity index (χ4n) is 3.11. The fourth-order valence-corrected chi connectivity index (χ4v) is 3.11. The molecule has 2 aromatic rings. The van der Waals surface area contributed by atoms with Crippen molar-refractivity contribution in [3.63, 3.8) is 0 Å². The zero-order valence-electron chi connectivity index (χ0n) is 12.6. The van der Waals surface area contributed by atoms with Gasteiger partial charge in [0, 0.05) is 51.4 Å². The van der Waals surface area contributed by atoms with Crippen molar-refractivity contribution in [2.24, 2.45) is 7.05 Å². The number of benzene rings is 1. The Labute approximate surface area is 120 Å². The van der Waals surface area contributed by atoms with Crippen LogP contribution in [0.3, 0.4) is 0 Å². The first-order valence-electron chi connectivity index (χ1n) is 7.24. The number of rotatable bonds is 3. The fraction of sp³-hybridized carbons (Fsp3) is 0.500. The molecule has 4 nitrogen and oxygen atoms in total. The second kappa shape index (κ2) is 5.46. The van der Waals surface area contributed by atoms with Crippen molar-refractivity contribution >= 4 is 10.9 Å². The van der Waals surface area contributed by atoms with E-state index < -0.39 is 0 Å². The normalized spacial score (nSPS) is 16.8. The van der Waals surface area contributed by atoms with E-state index in [0.717, 1.165) is 38.5 Å². The third-order valence-electron chi connectivity index (χ3n) is 4.09. The number of piperazine rings is 1. The molecule has 0 unspecified atom stereocenters. The van der Waals surface area contributed by atoms with Crippen LogP contribution in [-0.2, 0) is 13.6 Å². The SMILES string of the molecule is COc1cc(C)cc2c(CN3CCNCC3)cn(C)c12. The lowest BCUT2D eigenvalue weighted by Gasteiger charge is -2.26. The molecule has 0 spiro atoms. The highest BCUT2D eigenvalue weighted by molar-refractivity contribution is 5.89. The molecule has 108 valence electrons. The topological polar surface area (TPSA) is 29.4 Å². The number of nitrogens with one attached hydrogen (secondary N) is 1. The molecule has 0 radical (unpaired) electrons. The first kappa shape index (κ1) is 13.5. The van der Waals surface area contributed by atoms with Crippen LogP contribution in [0.1, 0.15) is 11.1 Å². The maximum Gasteiger partial charge on any atom is 0.143 e. The van der Waals surface area contributed by atoms with Gasteiger partial charge in [-0.2, -0.15) is 0 Å². The summed E-state index contributed by atoms with van der Waals surface area (Å²) < 4.78 is 7.73. The summed E-state index contributed by atoms with van der Waals surface area (Å²) in [4.78, 5) is 2.51. The first-order valence-corrected chi connectivity index (χ1v) is 7.24. The van der Waals surface area contributed by atoms with Crippen LogP contribution in [0.2, 0.25) is 0 Å². The molecule has 1 aliphatic heterocycles. The van der Waals surface area contributed by atoms with Gasteiger partial charge in [-0.3, -0.25) is 4.90 Å². The van der Waals surface area contributed by atoms with Crippen LogP contribution >= 0.6 is 0 Å². The van der Waals surface area contributed by atoms with Crippen LogP contribution in [0, 0.1) is 6.92 Å². The number of hydrogen-bond acceptors (Lipinski definition) is 3. The molecular formula is C16H23N3O. The van der Waals surface area contributed by atoms with Crippen molar-refractivity contribution in [2.45, 2.75) is 13.5 Å². The van der Waals surface area contributed by atoms with Crippen LogP contribution < -0.4 is 10.1 Å². The van der Waals surface area contributed by atoms with Crippen LogP contribution in [0.5, 0.6) is 5.75 Å². The van der Waals surface area contributed by atoms with Crippen LogP contribution in [0.4, 0.5) is 0 Å². The zero-order chi connectivity index (χ0) is 14.1. The van der Waals surface area contributed by atoms with Crippen molar-refractivity contribution in [1.82, 2.24) is 14.8 Å². The maximum absolute atomic E-state index is 5.55. The Balaban J connectivity index is 2.00. The van der Waals surface area contributed by atoms with Crippen molar-refractivity contribution in [2.75, 3.05) is 33.3 Å². The summed E-state index contributed by atoms with van der Waals surface area (Å²) >= 11 is 0. The van der Waals surface area contributed by atoms with Gasteiger partial charge in [0.05, 0.1) is 12.6 Å². The number of aryl methyl sites for hydroxylation is 2.